The number of para-hydroxylation sites is 1. The molecule has 2 atom stereocenters. The van der Waals surface area contributed by atoms with Crippen LogP contribution in [0.4, 0.5) is 5.95 Å². The van der Waals surface area contributed by atoms with Crippen molar-refractivity contribution in [1.82, 2.24) is 14.6 Å². The van der Waals surface area contributed by atoms with E-state index in [9.17, 15) is 4.79 Å². The Labute approximate surface area is 197 Å². The number of nitrogens with two attached hydrogens (primary N) is 1. The number of nitrogens with zero attached hydrogens (tertiary/aromatic N) is 4. The SMILES string of the molecule is Cc1c(C2=CC=CC3C(=O)c4c(-c5ccccc5)nc(N)nc4C23)c[n+](C)n1-c1ccccc1. The summed E-state index contributed by atoms with van der Waals surface area (Å²) in [5.74, 6) is -0.293. The second-order valence-electron chi connectivity index (χ2n) is 8.78. The first-order valence-electron chi connectivity index (χ1n) is 11.3. The van der Waals surface area contributed by atoms with Gasteiger partial charge in [0.1, 0.15) is 5.69 Å². The van der Waals surface area contributed by atoms with Gasteiger partial charge in [-0.1, -0.05) is 66.8 Å². The molecule has 6 nitrogen and oxygen atoms in total. The van der Waals surface area contributed by atoms with Gasteiger partial charge in [-0.2, -0.15) is 0 Å². The van der Waals surface area contributed by atoms with Crippen LogP contribution in [0.15, 0.2) is 85.1 Å². The van der Waals surface area contributed by atoms with Crippen LogP contribution in [-0.4, -0.2) is 20.4 Å². The lowest BCUT2D eigenvalue weighted by atomic mass is 9.80. The van der Waals surface area contributed by atoms with Crippen molar-refractivity contribution in [3.05, 3.63) is 108 Å². The minimum Gasteiger partial charge on any atom is -0.368 e. The number of carbonyl (C=O) groups excluding carboxylic acids is 1. The van der Waals surface area contributed by atoms with Gasteiger partial charge in [0.2, 0.25) is 12.1 Å². The van der Waals surface area contributed by atoms with E-state index in [4.69, 9.17) is 5.73 Å². The molecule has 4 aromatic rings. The van der Waals surface area contributed by atoms with E-state index >= 15 is 0 Å². The average molecular weight is 447 g/mol. The zero-order valence-electron chi connectivity index (χ0n) is 19.0. The molecule has 34 heavy (non-hydrogen) atoms. The number of Topliss-reactive ketones (excluding diaryl/α,β-unsaturated/α-hetero) is 1. The number of fused-ring (bicyclic) bond motifs is 3. The Morgan fingerprint density at radius 2 is 1.71 bits per heavy atom. The van der Waals surface area contributed by atoms with E-state index in [1.807, 2.05) is 67.7 Å². The molecule has 2 unspecified atom stereocenters. The molecule has 2 aliphatic rings. The first kappa shape index (κ1) is 20.3. The summed E-state index contributed by atoms with van der Waals surface area (Å²) in [7, 11) is 2.03. The molecule has 0 saturated carbocycles. The van der Waals surface area contributed by atoms with Gasteiger partial charge in [-0.3, -0.25) is 4.79 Å². The van der Waals surface area contributed by atoms with E-state index in [0.717, 1.165) is 28.1 Å². The summed E-state index contributed by atoms with van der Waals surface area (Å²) in [4.78, 5) is 22.8. The molecule has 2 N–H and O–H groups in total. The van der Waals surface area contributed by atoms with E-state index in [-0.39, 0.29) is 23.6 Å². The van der Waals surface area contributed by atoms with E-state index in [2.05, 4.69) is 50.7 Å². The largest absolute Gasteiger partial charge is 0.368 e. The van der Waals surface area contributed by atoms with Crippen LogP contribution in [0.5, 0.6) is 0 Å². The van der Waals surface area contributed by atoms with Crippen molar-refractivity contribution in [3.63, 3.8) is 0 Å². The third-order valence-electron chi connectivity index (χ3n) is 6.78. The molecule has 0 spiro atoms. The molecule has 0 radical (unpaired) electrons. The number of hydrogen-bond acceptors (Lipinski definition) is 4. The number of allylic oxidation sites excluding steroid dienone is 4. The van der Waals surface area contributed by atoms with Crippen LogP contribution >= 0.6 is 0 Å². The monoisotopic (exact) mass is 446 g/mol. The Kier molecular flexibility index (Phi) is 4.55. The summed E-state index contributed by atoms with van der Waals surface area (Å²) in [6.45, 7) is 2.11. The van der Waals surface area contributed by atoms with Crippen LogP contribution in [-0.2, 0) is 7.05 Å². The molecular formula is C28H24N5O+. The summed E-state index contributed by atoms with van der Waals surface area (Å²) in [6, 6.07) is 20.0. The summed E-state index contributed by atoms with van der Waals surface area (Å²) in [5.41, 5.74) is 13.3. The van der Waals surface area contributed by atoms with E-state index in [1.165, 1.54) is 0 Å². The van der Waals surface area contributed by atoms with Crippen molar-refractivity contribution < 1.29 is 9.48 Å². The van der Waals surface area contributed by atoms with Gasteiger partial charge in [0, 0.05) is 11.5 Å². The number of nitrogen functional groups attached to an aromatic ring is 1. The molecule has 0 bridgehead atoms. The third kappa shape index (κ3) is 2.95. The molecule has 6 rings (SSSR count). The van der Waals surface area contributed by atoms with Crippen molar-refractivity contribution >= 4 is 17.3 Å². The van der Waals surface area contributed by atoms with Gasteiger partial charge in [0.05, 0.1) is 34.1 Å². The fourth-order valence-corrected chi connectivity index (χ4v) is 5.35. The van der Waals surface area contributed by atoms with Crippen molar-refractivity contribution in [2.24, 2.45) is 13.0 Å². The normalized spacial score (nSPS) is 18.5. The fourth-order valence-electron chi connectivity index (χ4n) is 5.35. The zero-order valence-corrected chi connectivity index (χ0v) is 19.0. The van der Waals surface area contributed by atoms with Crippen LogP contribution in [0.2, 0.25) is 0 Å². The highest BCUT2D eigenvalue weighted by atomic mass is 16.1. The molecule has 0 fully saturated rings. The molecule has 6 heteroatoms. The summed E-state index contributed by atoms with van der Waals surface area (Å²) >= 11 is 0. The van der Waals surface area contributed by atoms with Gasteiger partial charge in [-0.05, 0) is 24.6 Å². The molecule has 2 heterocycles. The average Bonchev–Trinajstić information content (AvgIpc) is 3.32. The molecule has 2 aromatic carbocycles. The molecule has 0 aliphatic heterocycles. The Balaban J connectivity index is 1.53. The second kappa shape index (κ2) is 7.63. The van der Waals surface area contributed by atoms with Gasteiger partial charge >= 0.3 is 0 Å². The van der Waals surface area contributed by atoms with Crippen molar-refractivity contribution in [2.45, 2.75) is 12.8 Å². The first-order chi connectivity index (χ1) is 16.5. The minimum absolute atomic E-state index is 0.0465. The van der Waals surface area contributed by atoms with Crippen LogP contribution < -0.4 is 10.4 Å². The highest BCUT2D eigenvalue weighted by Crippen LogP contribution is 2.50. The highest BCUT2D eigenvalue weighted by molar-refractivity contribution is 6.11. The van der Waals surface area contributed by atoms with Crippen molar-refractivity contribution in [1.29, 1.82) is 0 Å². The second-order valence-corrected chi connectivity index (χ2v) is 8.78. The lowest BCUT2D eigenvalue weighted by Gasteiger charge is -2.21. The topological polar surface area (TPSA) is 77.7 Å². The van der Waals surface area contributed by atoms with Gasteiger partial charge in [-0.25, -0.2) is 9.97 Å². The van der Waals surface area contributed by atoms with Crippen LogP contribution in [0.1, 0.15) is 33.2 Å². The quantitative estimate of drug-likeness (QED) is 0.479. The Bertz CT molecular complexity index is 1500. The number of aryl methyl sites for hydroxylation is 1. The van der Waals surface area contributed by atoms with Crippen molar-refractivity contribution in [3.8, 4) is 16.9 Å². The lowest BCUT2D eigenvalue weighted by Crippen LogP contribution is -2.37. The van der Waals surface area contributed by atoms with E-state index in [1.54, 1.807) is 0 Å². The number of carbonyl (C=O) groups is 1. The highest BCUT2D eigenvalue weighted by Gasteiger charge is 2.46. The Hall–Kier alpha value is -4.32. The number of ketones is 1. The molecule has 166 valence electrons. The smallest absolute Gasteiger partial charge is 0.220 e. The maximum atomic E-state index is 13.7. The van der Waals surface area contributed by atoms with Gasteiger partial charge in [0.15, 0.2) is 12.8 Å². The zero-order chi connectivity index (χ0) is 23.4. The molecule has 2 aromatic heterocycles. The van der Waals surface area contributed by atoms with Crippen molar-refractivity contribution in [2.75, 3.05) is 5.73 Å². The number of rotatable bonds is 3. The third-order valence-corrected chi connectivity index (χ3v) is 6.78. The first-order valence-corrected chi connectivity index (χ1v) is 11.3. The molecule has 0 saturated heterocycles. The summed E-state index contributed by atoms with van der Waals surface area (Å²) < 4.78 is 4.25. The van der Waals surface area contributed by atoms with Crippen LogP contribution in [0.3, 0.4) is 0 Å². The Morgan fingerprint density at radius 3 is 2.44 bits per heavy atom. The van der Waals surface area contributed by atoms with Gasteiger partial charge in [0.25, 0.3) is 0 Å². The maximum absolute atomic E-state index is 13.7. The molecule has 0 amide bonds. The Morgan fingerprint density at radius 1 is 1.00 bits per heavy atom. The predicted molar refractivity (Wildman–Crippen MR) is 131 cm³/mol. The number of anilines is 1. The van der Waals surface area contributed by atoms with Crippen LogP contribution in [0, 0.1) is 12.8 Å². The molecule has 2 aliphatic carbocycles. The standard InChI is InChI=1S/C28H23N5O/c1-17-22(16-32(2)33(17)19-12-7-4-8-13-19)20-14-9-15-21-23(20)26-24(27(21)34)25(30-28(29)31-26)18-10-5-3-6-11-18/h3-16,21,23H,1-2H3,(H-,29,30,31,34)/p+1. The molecular weight excluding hydrogens is 422 g/mol. The van der Waals surface area contributed by atoms with E-state index < -0.39 is 0 Å². The van der Waals surface area contributed by atoms with E-state index in [0.29, 0.717) is 17.0 Å². The number of hydrogen-bond donors (Lipinski definition) is 1. The predicted octanol–water partition coefficient (Wildman–Crippen LogP) is 4.20. The maximum Gasteiger partial charge on any atom is 0.220 e. The van der Waals surface area contributed by atoms with Gasteiger partial charge < -0.3 is 5.73 Å². The summed E-state index contributed by atoms with van der Waals surface area (Å²) in [6.07, 6.45) is 8.18. The minimum atomic E-state index is -0.321. The lowest BCUT2D eigenvalue weighted by molar-refractivity contribution is -0.744. The van der Waals surface area contributed by atoms with Crippen LogP contribution in [0.25, 0.3) is 22.5 Å². The fraction of sp³-hybridized carbons (Fsp3) is 0.143. The van der Waals surface area contributed by atoms with Gasteiger partial charge in [-0.15, -0.1) is 9.36 Å². The number of benzene rings is 2. The number of aromatic nitrogens is 4. The summed E-state index contributed by atoms with van der Waals surface area (Å²) in [5, 5.41) is 0.